The monoisotopic (exact) mass is 252 g/mol. The van der Waals surface area contributed by atoms with Gasteiger partial charge in [0.2, 0.25) is 0 Å². The number of rotatable bonds is 3. The van der Waals surface area contributed by atoms with Gasteiger partial charge in [-0.15, -0.1) is 0 Å². The Bertz CT molecular complexity index is 520. The van der Waals surface area contributed by atoms with Crippen LogP contribution in [0, 0.1) is 5.82 Å². The molecule has 0 radical (unpaired) electrons. The maximum Gasteiger partial charge on any atom is 0.141 e. The summed E-state index contributed by atoms with van der Waals surface area (Å²) in [5.74, 6) is 5.05. The number of nitrogens with zero attached hydrogens (tertiary/aromatic N) is 2. The summed E-state index contributed by atoms with van der Waals surface area (Å²) in [5, 5.41) is 0.458. The van der Waals surface area contributed by atoms with E-state index < -0.39 is 11.9 Å². The predicted octanol–water partition coefficient (Wildman–Crippen LogP) is 1.82. The Morgan fingerprint density at radius 3 is 2.76 bits per heavy atom. The molecular formula is C11H10ClFN4. The zero-order valence-electron chi connectivity index (χ0n) is 8.77. The van der Waals surface area contributed by atoms with Crippen LogP contribution in [-0.4, -0.2) is 9.97 Å². The molecule has 88 valence electrons. The number of hydrogen-bond acceptors (Lipinski definition) is 4. The molecule has 0 bridgehead atoms. The average molecular weight is 253 g/mol. The number of aromatic nitrogens is 2. The van der Waals surface area contributed by atoms with Crippen molar-refractivity contribution in [1.29, 1.82) is 0 Å². The third kappa shape index (κ3) is 2.58. The number of halogens is 2. The highest BCUT2D eigenvalue weighted by molar-refractivity contribution is 6.31. The highest BCUT2D eigenvalue weighted by atomic mass is 35.5. The van der Waals surface area contributed by atoms with E-state index >= 15 is 0 Å². The highest BCUT2D eigenvalue weighted by Gasteiger charge is 2.16. The second-order valence-electron chi connectivity index (χ2n) is 3.43. The van der Waals surface area contributed by atoms with Gasteiger partial charge in [-0.2, -0.15) is 0 Å². The van der Waals surface area contributed by atoms with E-state index in [-0.39, 0.29) is 0 Å². The molecule has 4 nitrogen and oxygen atoms in total. The van der Waals surface area contributed by atoms with Gasteiger partial charge in [0.05, 0.1) is 17.3 Å². The van der Waals surface area contributed by atoms with Crippen molar-refractivity contribution < 1.29 is 4.39 Å². The molecule has 17 heavy (non-hydrogen) atoms. The topological polar surface area (TPSA) is 63.8 Å². The lowest BCUT2D eigenvalue weighted by Crippen LogP contribution is -2.29. The molecule has 0 fully saturated rings. The Balaban J connectivity index is 2.44. The summed E-state index contributed by atoms with van der Waals surface area (Å²) in [5.41, 5.74) is 3.90. The van der Waals surface area contributed by atoms with Crippen LogP contribution >= 0.6 is 11.6 Å². The SMILES string of the molecule is NNC(c1cncc(F)c1)c1ccncc1Cl. The van der Waals surface area contributed by atoms with Crippen LogP contribution in [0.2, 0.25) is 5.02 Å². The Labute approximate surface area is 103 Å². The first-order chi connectivity index (χ1) is 8.22. The van der Waals surface area contributed by atoms with Crippen LogP contribution in [0.5, 0.6) is 0 Å². The van der Waals surface area contributed by atoms with Crippen molar-refractivity contribution in [3.05, 3.63) is 58.9 Å². The van der Waals surface area contributed by atoms with E-state index in [9.17, 15) is 4.39 Å². The Morgan fingerprint density at radius 1 is 1.29 bits per heavy atom. The van der Waals surface area contributed by atoms with Crippen molar-refractivity contribution in [3.8, 4) is 0 Å². The summed E-state index contributed by atoms with van der Waals surface area (Å²) >= 11 is 6.02. The van der Waals surface area contributed by atoms with Gasteiger partial charge < -0.3 is 0 Å². The minimum atomic E-state index is -0.423. The molecular weight excluding hydrogens is 243 g/mol. The Kier molecular flexibility index (Phi) is 3.63. The smallest absolute Gasteiger partial charge is 0.141 e. The van der Waals surface area contributed by atoms with Gasteiger partial charge in [-0.25, -0.2) is 9.82 Å². The molecule has 0 saturated heterocycles. The molecule has 0 saturated carbocycles. The molecule has 0 spiro atoms. The molecule has 0 aliphatic rings. The van der Waals surface area contributed by atoms with Gasteiger partial charge >= 0.3 is 0 Å². The molecule has 1 atom stereocenters. The predicted molar refractivity (Wildman–Crippen MR) is 62.6 cm³/mol. The molecule has 2 aromatic heterocycles. The molecule has 0 amide bonds. The zero-order valence-corrected chi connectivity index (χ0v) is 9.53. The van der Waals surface area contributed by atoms with Crippen molar-refractivity contribution >= 4 is 11.6 Å². The number of pyridine rings is 2. The van der Waals surface area contributed by atoms with Gasteiger partial charge in [0, 0.05) is 18.6 Å². The number of nitrogens with two attached hydrogens (primary N) is 1. The largest absolute Gasteiger partial charge is 0.271 e. The lowest BCUT2D eigenvalue weighted by molar-refractivity contribution is 0.597. The van der Waals surface area contributed by atoms with E-state index in [1.807, 2.05) is 0 Å². The maximum absolute atomic E-state index is 13.1. The van der Waals surface area contributed by atoms with Crippen LogP contribution in [-0.2, 0) is 0 Å². The first kappa shape index (κ1) is 11.9. The number of nitrogens with one attached hydrogen (secondary N) is 1. The van der Waals surface area contributed by atoms with Gasteiger partial charge in [-0.1, -0.05) is 11.6 Å². The summed E-state index contributed by atoms with van der Waals surface area (Å²) in [6.45, 7) is 0. The second kappa shape index (κ2) is 5.18. The quantitative estimate of drug-likeness (QED) is 0.646. The van der Waals surface area contributed by atoms with E-state index in [1.165, 1.54) is 18.5 Å². The minimum absolute atomic E-state index is 0.423. The van der Waals surface area contributed by atoms with Crippen LogP contribution in [0.25, 0.3) is 0 Å². The minimum Gasteiger partial charge on any atom is -0.271 e. The van der Waals surface area contributed by atoms with Crippen LogP contribution in [0.1, 0.15) is 17.2 Å². The molecule has 1 unspecified atom stereocenters. The van der Waals surface area contributed by atoms with Gasteiger partial charge in [0.15, 0.2) is 0 Å². The van der Waals surface area contributed by atoms with Crippen molar-refractivity contribution in [2.75, 3.05) is 0 Å². The molecule has 2 heterocycles. The second-order valence-corrected chi connectivity index (χ2v) is 3.84. The van der Waals surface area contributed by atoms with Crippen LogP contribution in [0.3, 0.4) is 0 Å². The molecule has 6 heteroatoms. The molecule has 0 aliphatic carbocycles. The van der Waals surface area contributed by atoms with E-state index in [0.29, 0.717) is 10.6 Å². The number of hydrazine groups is 1. The molecule has 2 aromatic rings. The zero-order chi connectivity index (χ0) is 12.3. The number of hydrogen-bond donors (Lipinski definition) is 2. The van der Waals surface area contributed by atoms with Gasteiger partial charge in [0.1, 0.15) is 5.82 Å². The van der Waals surface area contributed by atoms with E-state index in [2.05, 4.69) is 15.4 Å². The van der Waals surface area contributed by atoms with E-state index in [0.717, 1.165) is 11.8 Å². The Morgan fingerprint density at radius 2 is 2.12 bits per heavy atom. The fourth-order valence-electron chi connectivity index (χ4n) is 1.57. The van der Waals surface area contributed by atoms with Crippen LogP contribution in [0.15, 0.2) is 36.9 Å². The Hall–Kier alpha value is -1.56. The van der Waals surface area contributed by atoms with E-state index in [1.54, 1.807) is 12.3 Å². The first-order valence-electron chi connectivity index (χ1n) is 4.88. The summed E-state index contributed by atoms with van der Waals surface area (Å²) < 4.78 is 13.1. The van der Waals surface area contributed by atoms with Crippen LogP contribution in [0.4, 0.5) is 4.39 Å². The summed E-state index contributed by atoms with van der Waals surface area (Å²) in [4.78, 5) is 7.66. The average Bonchev–Trinajstić information content (AvgIpc) is 2.33. The third-order valence-corrected chi connectivity index (χ3v) is 2.66. The van der Waals surface area contributed by atoms with Crippen molar-refractivity contribution in [2.24, 2.45) is 5.84 Å². The molecule has 3 N–H and O–H groups in total. The first-order valence-corrected chi connectivity index (χ1v) is 5.26. The molecule has 0 aliphatic heterocycles. The standard InChI is InChI=1S/C11H10ClFN4/c12-10-6-15-2-1-9(10)11(17-14)7-3-8(13)5-16-4-7/h1-6,11,17H,14H2. The third-order valence-electron chi connectivity index (χ3n) is 2.34. The molecule has 0 aromatic carbocycles. The summed E-state index contributed by atoms with van der Waals surface area (Å²) in [7, 11) is 0. The lowest BCUT2D eigenvalue weighted by atomic mass is 10.0. The fourth-order valence-corrected chi connectivity index (χ4v) is 1.80. The maximum atomic E-state index is 13.1. The van der Waals surface area contributed by atoms with Crippen molar-refractivity contribution in [3.63, 3.8) is 0 Å². The normalized spacial score (nSPS) is 12.4. The van der Waals surface area contributed by atoms with Gasteiger partial charge in [-0.3, -0.25) is 15.8 Å². The summed E-state index contributed by atoms with van der Waals surface area (Å²) in [6, 6.07) is 2.65. The molecule has 2 rings (SSSR count). The van der Waals surface area contributed by atoms with E-state index in [4.69, 9.17) is 17.4 Å². The van der Waals surface area contributed by atoms with Gasteiger partial charge in [0.25, 0.3) is 0 Å². The highest BCUT2D eigenvalue weighted by Crippen LogP contribution is 2.26. The van der Waals surface area contributed by atoms with Gasteiger partial charge in [-0.05, 0) is 23.3 Å². The summed E-state index contributed by atoms with van der Waals surface area (Å²) in [6.07, 6.45) is 5.77. The van der Waals surface area contributed by atoms with Crippen molar-refractivity contribution in [2.45, 2.75) is 6.04 Å². The fraction of sp³-hybridized carbons (Fsp3) is 0.0909. The lowest BCUT2D eigenvalue weighted by Gasteiger charge is -2.17. The van der Waals surface area contributed by atoms with Crippen molar-refractivity contribution in [1.82, 2.24) is 15.4 Å². The van der Waals surface area contributed by atoms with Crippen LogP contribution < -0.4 is 11.3 Å².